The Balaban J connectivity index is 2.24. The van der Waals surface area contributed by atoms with E-state index >= 15 is 0 Å². The van der Waals surface area contributed by atoms with Crippen molar-refractivity contribution in [2.75, 3.05) is 13.1 Å². The number of carbonyl (C=O) groups excluding carboxylic acids is 1. The van der Waals surface area contributed by atoms with Gasteiger partial charge in [-0.15, -0.1) is 0 Å². The molecule has 0 radical (unpaired) electrons. The summed E-state index contributed by atoms with van der Waals surface area (Å²) in [6, 6.07) is 6.79. The van der Waals surface area contributed by atoms with Crippen LogP contribution < -0.4 is 0 Å². The highest BCUT2D eigenvalue weighted by Gasteiger charge is 2.30. The van der Waals surface area contributed by atoms with Gasteiger partial charge in [0.05, 0.1) is 4.90 Å². The maximum atomic E-state index is 12.8. The molecule has 24 heavy (non-hydrogen) atoms. The second-order valence-corrected chi connectivity index (χ2v) is 8.39. The third-order valence-corrected chi connectivity index (χ3v) is 6.94. The molecule has 0 aromatic heterocycles. The van der Waals surface area contributed by atoms with Crippen LogP contribution in [0.15, 0.2) is 29.2 Å². The van der Waals surface area contributed by atoms with Gasteiger partial charge in [-0.2, -0.15) is 4.31 Å². The number of rotatable bonds is 5. The molecular formula is C18H28N2O3S. The summed E-state index contributed by atoms with van der Waals surface area (Å²) in [7, 11) is -3.48. The van der Waals surface area contributed by atoms with Crippen molar-refractivity contribution in [3.8, 4) is 0 Å². The number of benzene rings is 1. The Morgan fingerprint density at radius 2 is 1.58 bits per heavy atom. The number of sulfonamides is 1. The van der Waals surface area contributed by atoms with E-state index in [4.69, 9.17) is 0 Å². The number of piperidine rings is 1. The van der Waals surface area contributed by atoms with Crippen LogP contribution in [-0.4, -0.2) is 48.7 Å². The minimum absolute atomic E-state index is 0.0125. The zero-order chi connectivity index (χ0) is 17.9. The molecule has 2 rings (SSSR count). The smallest absolute Gasteiger partial charge is 0.254 e. The Morgan fingerprint density at radius 1 is 1.08 bits per heavy atom. The van der Waals surface area contributed by atoms with Crippen molar-refractivity contribution < 1.29 is 13.2 Å². The summed E-state index contributed by atoms with van der Waals surface area (Å²) in [5, 5.41) is 0. The highest BCUT2D eigenvalue weighted by molar-refractivity contribution is 7.89. The fourth-order valence-corrected chi connectivity index (χ4v) is 4.91. The van der Waals surface area contributed by atoms with E-state index in [1.807, 2.05) is 18.7 Å². The predicted molar refractivity (Wildman–Crippen MR) is 95.5 cm³/mol. The normalized spacial score (nSPS) is 22.0. The summed E-state index contributed by atoms with van der Waals surface area (Å²) in [6.07, 6.45) is 3.18. The van der Waals surface area contributed by atoms with Gasteiger partial charge in [0.25, 0.3) is 5.91 Å². The van der Waals surface area contributed by atoms with Crippen LogP contribution in [0.5, 0.6) is 0 Å². The minimum Gasteiger partial charge on any atom is -0.333 e. The fraction of sp³-hybridized carbons (Fsp3) is 0.611. The highest BCUT2D eigenvalue weighted by atomic mass is 32.2. The van der Waals surface area contributed by atoms with Gasteiger partial charge < -0.3 is 4.90 Å². The molecule has 0 N–H and O–H groups in total. The third kappa shape index (κ3) is 3.64. The Bertz CT molecular complexity index is 656. The number of nitrogens with zero attached hydrogens (tertiary/aromatic N) is 2. The second kappa shape index (κ2) is 7.66. The summed E-state index contributed by atoms with van der Waals surface area (Å²) < 4.78 is 26.4. The maximum absolute atomic E-state index is 12.8. The lowest BCUT2D eigenvalue weighted by Gasteiger charge is -2.39. The SMILES string of the molecule is CCN(CC)S(=O)(=O)c1ccc(C(=O)N2C(C)CCCC2C)cc1. The molecule has 1 amide bonds. The van der Waals surface area contributed by atoms with E-state index in [1.54, 1.807) is 24.3 Å². The first-order chi connectivity index (χ1) is 11.3. The van der Waals surface area contributed by atoms with Crippen molar-refractivity contribution in [3.63, 3.8) is 0 Å². The van der Waals surface area contributed by atoms with E-state index < -0.39 is 10.0 Å². The fourth-order valence-electron chi connectivity index (χ4n) is 3.45. The van der Waals surface area contributed by atoms with E-state index in [9.17, 15) is 13.2 Å². The molecule has 1 aliphatic rings. The first-order valence-electron chi connectivity index (χ1n) is 8.75. The summed E-state index contributed by atoms with van der Waals surface area (Å²) >= 11 is 0. The van der Waals surface area contributed by atoms with Gasteiger partial charge in [-0.25, -0.2) is 8.42 Å². The molecule has 0 spiro atoms. The van der Waals surface area contributed by atoms with Gasteiger partial charge in [0.15, 0.2) is 0 Å². The molecule has 5 nitrogen and oxygen atoms in total. The number of carbonyl (C=O) groups is 1. The van der Waals surface area contributed by atoms with Crippen molar-refractivity contribution in [2.45, 2.75) is 63.9 Å². The van der Waals surface area contributed by atoms with E-state index in [1.165, 1.54) is 4.31 Å². The molecule has 134 valence electrons. The van der Waals surface area contributed by atoms with Crippen LogP contribution in [0, 0.1) is 0 Å². The quantitative estimate of drug-likeness (QED) is 0.818. The molecule has 0 aliphatic carbocycles. The topological polar surface area (TPSA) is 57.7 Å². The predicted octanol–water partition coefficient (Wildman–Crippen LogP) is 3.12. The average Bonchev–Trinajstić information content (AvgIpc) is 2.55. The molecule has 2 unspecified atom stereocenters. The van der Waals surface area contributed by atoms with Crippen LogP contribution in [0.1, 0.15) is 57.3 Å². The molecule has 1 saturated heterocycles. The van der Waals surface area contributed by atoms with Crippen LogP contribution in [0.2, 0.25) is 0 Å². The number of hydrogen-bond donors (Lipinski definition) is 0. The lowest BCUT2D eigenvalue weighted by molar-refractivity contribution is 0.0510. The van der Waals surface area contributed by atoms with Crippen LogP contribution in [0.4, 0.5) is 0 Å². The van der Waals surface area contributed by atoms with E-state index in [2.05, 4.69) is 13.8 Å². The zero-order valence-electron chi connectivity index (χ0n) is 15.0. The van der Waals surface area contributed by atoms with Gasteiger partial charge in [-0.05, 0) is 57.4 Å². The third-order valence-electron chi connectivity index (χ3n) is 4.87. The summed E-state index contributed by atoms with van der Waals surface area (Å²) in [4.78, 5) is 15.0. The molecule has 1 heterocycles. The van der Waals surface area contributed by atoms with Gasteiger partial charge >= 0.3 is 0 Å². The van der Waals surface area contributed by atoms with Crippen molar-refractivity contribution in [1.29, 1.82) is 0 Å². The summed E-state index contributed by atoms with van der Waals surface area (Å²) in [5.41, 5.74) is 0.550. The monoisotopic (exact) mass is 352 g/mol. The van der Waals surface area contributed by atoms with E-state index in [0.717, 1.165) is 19.3 Å². The molecule has 0 bridgehead atoms. The van der Waals surface area contributed by atoms with Crippen LogP contribution in [0.25, 0.3) is 0 Å². The molecule has 1 fully saturated rings. The number of amides is 1. The zero-order valence-corrected chi connectivity index (χ0v) is 15.8. The van der Waals surface area contributed by atoms with Gasteiger partial charge in [0.1, 0.15) is 0 Å². The molecule has 1 aromatic rings. The van der Waals surface area contributed by atoms with Crippen molar-refractivity contribution in [2.24, 2.45) is 0 Å². The number of likely N-dealkylation sites (tertiary alicyclic amines) is 1. The van der Waals surface area contributed by atoms with E-state index in [0.29, 0.717) is 18.7 Å². The molecule has 1 aliphatic heterocycles. The molecule has 6 heteroatoms. The Kier molecular flexibility index (Phi) is 6.04. The Morgan fingerprint density at radius 3 is 2.04 bits per heavy atom. The lowest BCUT2D eigenvalue weighted by Crippen LogP contribution is -2.47. The van der Waals surface area contributed by atoms with Crippen LogP contribution in [0.3, 0.4) is 0 Å². The molecule has 0 saturated carbocycles. The van der Waals surface area contributed by atoms with Crippen LogP contribution >= 0.6 is 0 Å². The molecule has 1 aromatic carbocycles. The second-order valence-electron chi connectivity index (χ2n) is 6.46. The van der Waals surface area contributed by atoms with Gasteiger partial charge in [0.2, 0.25) is 10.0 Å². The van der Waals surface area contributed by atoms with Gasteiger partial charge in [0, 0.05) is 30.7 Å². The minimum atomic E-state index is -3.48. The molecule has 2 atom stereocenters. The lowest BCUT2D eigenvalue weighted by atomic mass is 9.96. The van der Waals surface area contributed by atoms with E-state index in [-0.39, 0.29) is 22.9 Å². The van der Waals surface area contributed by atoms with Gasteiger partial charge in [-0.3, -0.25) is 4.79 Å². The van der Waals surface area contributed by atoms with Crippen molar-refractivity contribution in [3.05, 3.63) is 29.8 Å². The first-order valence-corrected chi connectivity index (χ1v) is 10.2. The largest absolute Gasteiger partial charge is 0.333 e. The highest BCUT2D eigenvalue weighted by Crippen LogP contribution is 2.25. The Hall–Kier alpha value is -1.40. The van der Waals surface area contributed by atoms with Crippen molar-refractivity contribution in [1.82, 2.24) is 9.21 Å². The molecular weight excluding hydrogens is 324 g/mol. The maximum Gasteiger partial charge on any atom is 0.254 e. The van der Waals surface area contributed by atoms with Gasteiger partial charge in [-0.1, -0.05) is 13.8 Å². The average molecular weight is 353 g/mol. The summed E-state index contributed by atoms with van der Waals surface area (Å²) in [6.45, 7) is 8.65. The number of hydrogen-bond acceptors (Lipinski definition) is 3. The standard InChI is InChI=1S/C18H28N2O3S/c1-5-19(6-2)24(22,23)17-12-10-16(11-13-17)18(21)20-14(3)8-7-9-15(20)4/h10-15H,5-9H2,1-4H3. The Labute approximate surface area is 145 Å². The van der Waals surface area contributed by atoms with Crippen LogP contribution in [-0.2, 0) is 10.0 Å². The summed E-state index contributed by atoms with van der Waals surface area (Å²) in [5.74, 6) is -0.0125. The van der Waals surface area contributed by atoms with Crippen molar-refractivity contribution >= 4 is 15.9 Å². The first kappa shape index (κ1) is 18.9.